The van der Waals surface area contributed by atoms with Crippen LogP contribution in [0.15, 0.2) is 11.6 Å². The molecule has 0 aliphatic heterocycles. The Morgan fingerprint density at radius 1 is 1.60 bits per heavy atom. The summed E-state index contributed by atoms with van der Waals surface area (Å²) >= 11 is 3.43. The summed E-state index contributed by atoms with van der Waals surface area (Å²) in [6, 6.07) is 0. The first-order valence-corrected chi connectivity index (χ1v) is 5.04. The molecule has 0 radical (unpaired) electrons. The summed E-state index contributed by atoms with van der Waals surface area (Å²) in [6.07, 6.45) is 6.39. The van der Waals surface area contributed by atoms with E-state index in [0.717, 1.165) is 5.33 Å². The van der Waals surface area contributed by atoms with Crippen molar-refractivity contribution in [1.82, 2.24) is 0 Å². The Labute approximate surface area is 71.8 Å². The Bertz CT molecular complexity index is 145. The van der Waals surface area contributed by atoms with Gasteiger partial charge in [-0.15, -0.1) is 0 Å². The minimum absolute atomic E-state index is 0.494. The average molecular weight is 203 g/mol. The fourth-order valence-corrected chi connectivity index (χ4v) is 2.08. The second kappa shape index (κ2) is 3.08. The Morgan fingerprint density at radius 3 is 2.70 bits per heavy atom. The first-order chi connectivity index (χ1) is 4.67. The molecule has 0 N–H and O–H groups in total. The minimum atomic E-state index is 0.494. The highest BCUT2D eigenvalue weighted by Crippen LogP contribution is 2.41. The number of allylic oxidation sites excluding steroid dienone is 2. The van der Waals surface area contributed by atoms with E-state index in [1.165, 1.54) is 19.3 Å². The zero-order valence-corrected chi connectivity index (χ0v) is 8.37. The zero-order chi connectivity index (χ0) is 7.61. The molecule has 0 unspecified atom stereocenters. The molecular weight excluding hydrogens is 188 g/mol. The quantitative estimate of drug-likeness (QED) is 0.451. The van der Waals surface area contributed by atoms with Crippen LogP contribution in [0, 0.1) is 5.41 Å². The van der Waals surface area contributed by atoms with Crippen molar-refractivity contribution < 1.29 is 0 Å². The molecule has 0 aromatic carbocycles. The van der Waals surface area contributed by atoms with Crippen LogP contribution in [-0.4, -0.2) is 5.33 Å². The lowest BCUT2D eigenvalue weighted by Gasteiger charge is -2.18. The van der Waals surface area contributed by atoms with Crippen LogP contribution in [0.5, 0.6) is 0 Å². The molecule has 0 spiro atoms. The third-order valence-corrected chi connectivity index (χ3v) is 2.76. The average Bonchev–Trinajstić information content (AvgIpc) is 2.13. The van der Waals surface area contributed by atoms with Crippen molar-refractivity contribution in [3.63, 3.8) is 0 Å². The van der Waals surface area contributed by atoms with Gasteiger partial charge in [-0.3, -0.25) is 0 Å². The minimum Gasteiger partial charge on any atom is -0.0883 e. The molecule has 0 amide bonds. The van der Waals surface area contributed by atoms with Crippen molar-refractivity contribution in [2.24, 2.45) is 5.41 Å². The van der Waals surface area contributed by atoms with Gasteiger partial charge >= 0.3 is 0 Å². The topological polar surface area (TPSA) is 0 Å². The van der Waals surface area contributed by atoms with Crippen molar-refractivity contribution in [1.29, 1.82) is 0 Å². The molecule has 1 aliphatic rings. The van der Waals surface area contributed by atoms with Gasteiger partial charge in [-0.25, -0.2) is 0 Å². The Balaban J connectivity index is 2.68. The van der Waals surface area contributed by atoms with Gasteiger partial charge in [-0.1, -0.05) is 41.4 Å². The van der Waals surface area contributed by atoms with Gasteiger partial charge in [0.15, 0.2) is 0 Å². The molecule has 1 rings (SSSR count). The third kappa shape index (κ3) is 1.63. The normalized spacial score (nSPS) is 27.7. The number of rotatable bonds is 1. The van der Waals surface area contributed by atoms with Gasteiger partial charge < -0.3 is 0 Å². The lowest BCUT2D eigenvalue weighted by molar-refractivity contribution is 0.461. The number of hydrogen-bond donors (Lipinski definition) is 0. The molecule has 0 atom stereocenters. The van der Waals surface area contributed by atoms with Crippen molar-refractivity contribution in [3.8, 4) is 0 Å². The number of halogens is 1. The van der Waals surface area contributed by atoms with Crippen LogP contribution in [0.4, 0.5) is 0 Å². The Hall–Kier alpha value is 0.220. The molecule has 1 fully saturated rings. The fourth-order valence-electron chi connectivity index (χ4n) is 1.69. The summed E-state index contributed by atoms with van der Waals surface area (Å²) < 4.78 is 0. The maximum absolute atomic E-state index is 3.43. The highest BCUT2D eigenvalue weighted by Gasteiger charge is 2.27. The van der Waals surface area contributed by atoms with Crippen molar-refractivity contribution >= 4 is 15.9 Å². The van der Waals surface area contributed by atoms with E-state index in [1.54, 1.807) is 5.57 Å². The molecule has 0 nitrogen and oxygen atoms in total. The van der Waals surface area contributed by atoms with E-state index in [1.807, 2.05) is 0 Å². The second-order valence-corrected chi connectivity index (χ2v) is 4.27. The molecule has 0 heterocycles. The SMILES string of the molecule is CC1(C)CCC/C1=C\CBr. The predicted molar refractivity (Wildman–Crippen MR) is 49.5 cm³/mol. The highest BCUT2D eigenvalue weighted by molar-refractivity contribution is 9.09. The van der Waals surface area contributed by atoms with Gasteiger partial charge in [-0.05, 0) is 24.7 Å². The van der Waals surface area contributed by atoms with E-state index in [0.29, 0.717) is 5.41 Å². The fraction of sp³-hybridized carbons (Fsp3) is 0.778. The second-order valence-electron chi connectivity index (χ2n) is 3.62. The Kier molecular flexibility index (Phi) is 2.56. The molecular formula is C9H15Br. The van der Waals surface area contributed by atoms with E-state index in [2.05, 4.69) is 35.9 Å². The van der Waals surface area contributed by atoms with E-state index in [-0.39, 0.29) is 0 Å². The molecule has 1 heteroatoms. The largest absolute Gasteiger partial charge is 0.0883 e. The first-order valence-electron chi connectivity index (χ1n) is 3.92. The summed E-state index contributed by atoms with van der Waals surface area (Å²) in [5.74, 6) is 0. The lowest BCUT2D eigenvalue weighted by atomic mass is 9.87. The van der Waals surface area contributed by atoms with E-state index in [4.69, 9.17) is 0 Å². The molecule has 10 heavy (non-hydrogen) atoms. The van der Waals surface area contributed by atoms with Crippen molar-refractivity contribution in [2.45, 2.75) is 33.1 Å². The van der Waals surface area contributed by atoms with Gasteiger partial charge in [-0.2, -0.15) is 0 Å². The van der Waals surface area contributed by atoms with E-state index < -0.39 is 0 Å². The third-order valence-electron chi connectivity index (χ3n) is 2.44. The molecule has 0 aromatic rings. The summed E-state index contributed by atoms with van der Waals surface area (Å²) in [5.41, 5.74) is 2.14. The predicted octanol–water partition coefficient (Wildman–Crippen LogP) is 3.52. The maximum Gasteiger partial charge on any atom is 0.0214 e. The first kappa shape index (κ1) is 8.32. The number of alkyl halides is 1. The van der Waals surface area contributed by atoms with Crippen LogP contribution in [0.3, 0.4) is 0 Å². The van der Waals surface area contributed by atoms with Crippen LogP contribution in [0.1, 0.15) is 33.1 Å². The molecule has 1 aliphatic carbocycles. The molecule has 0 bridgehead atoms. The monoisotopic (exact) mass is 202 g/mol. The molecule has 1 saturated carbocycles. The van der Waals surface area contributed by atoms with Gasteiger partial charge in [0, 0.05) is 5.33 Å². The molecule has 0 saturated heterocycles. The van der Waals surface area contributed by atoms with Gasteiger partial charge in [0.1, 0.15) is 0 Å². The van der Waals surface area contributed by atoms with Crippen molar-refractivity contribution in [3.05, 3.63) is 11.6 Å². The number of hydrogen-bond acceptors (Lipinski definition) is 0. The highest BCUT2D eigenvalue weighted by atomic mass is 79.9. The summed E-state index contributed by atoms with van der Waals surface area (Å²) in [7, 11) is 0. The lowest BCUT2D eigenvalue weighted by Crippen LogP contribution is -2.06. The summed E-state index contributed by atoms with van der Waals surface area (Å²) in [6.45, 7) is 4.68. The van der Waals surface area contributed by atoms with Gasteiger partial charge in [0.05, 0.1) is 0 Å². The molecule has 0 aromatic heterocycles. The van der Waals surface area contributed by atoms with E-state index in [9.17, 15) is 0 Å². The Morgan fingerprint density at radius 2 is 2.30 bits per heavy atom. The van der Waals surface area contributed by atoms with Crippen LogP contribution >= 0.6 is 15.9 Å². The summed E-state index contributed by atoms with van der Waals surface area (Å²) in [4.78, 5) is 0. The van der Waals surface area contributed by atoms with Crippen LogP contribution in [0.2, 0.25) is 0 Å². The van der Waals surface area contributed by atoms with Crippen LogP contribution in [-0.2, 0) is 0 Å². The molecule has 58 valence electrons. The van der Waals surface area contributed by atoms with Crippen molar-refractivity contribution in [2.75, 3.05) is 5.33 Å². The van der Waals surface area contributed by atoms with E-state index >= 15 is 0 Å². The maximum atomic E-state index is 3.43. The van der Waals surface area contributed by atoms with Gasteiger partial charge in [0.25, 0.3) is 0 Å². The smallest absolute Gasteiger partial charge is 0.0214 e. The van der Waals surface area contributed by atoms with Gasteiger partial charge in [0.2, 0.25) is 0 Å². The van der Waals surface area contributed by atoms with Crippen LogP contribution in [0.25, 0.3) is 0 Å². The van der Waals surface area contributed by atoms with Crippen LogP contribution < -0.4 is 0 Å². The zero-order valence-electron chi connectivity index (χ0n) is 6.78. The summed E-state index contributed by atoms with van der Waals surface area (Å²) in [5, 5.41) is 1.02. The standard InChI is InChI=1S/C9H15Br/c1-9(2)6-3-4-8(9)5-7-10/h5H,3-4,6-7H2,1-2H3/b8-5+.